The van der Waals surface area contributed by atoms with Crippen molar-refractivity contribution in [2.24, 2.45) is 11.8 Å². The zero-order chi connectivity index (χ0) is 25.4. The standard InChI is InChI=1S/C25H30N6O4S/c1-14-20(36-24(28-14)23(34)26-2)22(33)27-12-18(15-8-9-15)21(32)29-19-17-7-4-3-6-16(17)13-30-10-5-11-31(30)25(19)35/h3-4,6-7,15,18-19H,5,8-13H2,1-2H3,(H,26,34)(H,27,33)(H,29,32)/t18-,19-/m0/s1. The lowest BCUT2D eigenvalue weighted by Gasteiger charge is -2.28. The zero-order valence-electron chi connectivity index (χ0n) is 20.4. The summed E-state index contributed by atoms with van der Waals surface area (Å²) in [4.78, 5) is 56.2. The van der Waals surface area contributed by atoms with Crippen molar-refractivity contribution < 1.29 is 19.2 Å². The van der Waals surface area contributed by atoms with Gasteiger partial charge in [-0.15, -0.1) is 11.3 Å². The lowest BCUT2D eigenvalue weighted by molar-refractivity contribution is -0.148. The lowest BCUT2D eigenvalue weighted by Crippen LogP contribution is -2.48. The van der Waals surface area contributed by atoms with E-state index in [4.69, 9.17) is 0 Å². The van der Waals surface area contributed by atoms with Gasteiger partial charge < -0.3 is 16.0 Å². The second-order valence-electron chi connectivity index (χ2n) is 9.51. The Morgan fingerprint density at radius 1 is 1.17 bits per heavy atom. The first kappa shape index (κ1) is 24.4. The van der Waals surface area contributed by atoms with Gasteiger partial charge in [0.25, 0.3) is 17.7 Å². The fraction of sp³-hybridized carbons (Fsp3) is 0.480. The number of rotatable bonds is 7. The molecule has 1 aromatic heterocycles. The van der Waals surface area contributed by atoms with Crippen LogP contribution in [0, 0.1) is 18.8 Å². The Morgan fingerprint density at radius 2 is 1.94 bits per heavy atom. The minimum Gasteiger partial charge on any atom is -0.353 e. The first-order valence-electron chi connectivity index (χ1n) is 12.3. The van der Waals surface area contributed by atoms with E-state index in [1.807, 2.05) is 24.3 Å². The van der Waals surface area contributed by atoms with E-state index in [0.717, 1.165) is 48.3 Å². The molecule has 190 valence electrons. The molecule has 0 bridgehead atoms. The summed E-state index contributed by atoms with van der Waals surface area (Å²) in [7, 11) is 1.51. The van der Waals surface area contributed by atoms with Gasteiger partial charge >= 0.3 is 0 Å². The van der Waals surface area contributed by atoms with Gasteiger partial charge in [-0.3, -0.25) is 24.2 Å². The minimum atomic E-state index is -0.757. The first-order chi connectivity index (χ1) is 17.4. The third-order valence-corrected chi connectivity index (χ3v) is 8.22. The summed E-state index contributed by atoms with van der Waals surface area (Å²) in [5, 5.41) is 12.4. The molecule has 3 aliphatic rings. The molecular weight excluding hydrogens is 480 g/mol. The van der Waals surface area contributed by atoms with Crippen molar-refractivity contribution in [1.82, 2.24) is 31.0 Å². The van der Waals surface area contributed by atoms with Crippen LogP contribution in [0.5, 0.6) is 0 Å². The Bertz CT molecular complexity index is 1210. The van der Waals surface area contributed by atoms with Crippen molar-refractivity contribution in [2.45, 2.75) is 38.8 Å². The number of nitrogens with one attached hydrogen (secondary N) is 3. The molecule has 1 saturated carbocycles. The maximum absolute atomic E-state index is 13.5. The normalized spacial score (nSPS) is 20.2. The number of nitrogens with zero attached hydrogens (tertiary/aromatic N) is 3. The van der Waals surface area contributed by atoms with Crippen LogP contribution in [0.25, 0.3) is 0 Å². The topological polar surface area (TPSA) is 124 Å². The summed E-state index contributed by atoms with van der Waals surface area (Å²) in [6.07, 6.45) is 2.72. The number of carbonyl (C=O) groups excluding carboxylic acids is 4. The number of fused-ring (bicyclic) bond motifs is 2. The van der Waals surface area contributed by atoms with Gasteiger partial charge in [0.15, 0.2) is 5.01 Å². The zero-order valence-corrected chi connectivity index (χ0v) is 21.2. The number of hydrogen-bond acceptors (Lipinski definition) is 7. The number of thiazole rings is 1. The van der Waals surface area contributed by atoms with Crippen LogP contribution in [0.3, 0.4) is 0 Å². The van der Waals surface area contributed by atoms with E-state index in [0.29, 0.717) is 23.7 Å². The number of hydrazine groups is 1. The van der Waals surface area contributed by atoms with Gasteiger partial charge in [0.2, 0.25) is 5.91 Å². The molecule has 1 aliphatic carbocycles. The molecule has 10 nitrogen and oxygen atoms in total. The number of aromatic nitrogens is 1. The van der Waals surface area contributed by atoms with Crippen LogP contribution in [-0.4, -0.2) is 65.3 Å². The van der Waals surface area contributed by atoms with E-state index in [1.165, 1.54) is 7.05 Å². The highest BCUT2D eigenvalue weighted by atomic mass is 32.1. The van der Waals surface area contributed by atoms with E-state index in [9.17, 15) is 19.2 Å². The second-order valence-corrected chi connectivity index (χ2v) is 10.5. The Morgan fingerprint density at radius 3 is 2.69 bits per heavy atom. The van der Waals surface area contributed by atoms with Crippen LogP contribution >= 0.6 is 11.3 Å². The summed E-state index contributed by atoms with van der Waals surface area (Å²) >= 11 is 1.03. The van der Waals surface area contributed by atoms with Gasteiger partial charge in [0.1, 0.15) is 10.9 Å². The summed E-state index contributed by atoms with van der Waals surface area (Å²) in [5.41, 5.74) is 2.33. The fourth-order valence-electron chi connectivity index (χ4n) is 4.97. The molecule has 2 fully saturated rings. The van der Waals surface area contributed by atoms with Crippen LogP contribution in [-0.2, 0) is 16.1 Å². The molecule has 2 aliphatic heterocycles. The summed E-state index contributed by atoms with van der Waals surface area (Å²) in [5.74, 6) is -1.34. The maximum Gasteiger partial charge on any atom is 0.280 e. The lowest BCUT2D eigenvalue weighted by atomic mass is 9.97. The van der Waals surface area contributed by atoms with Gasteiger partial charge in [-0.1, -0.05) is 24.3 Å². The van der Waals surface area contributed by atoms with Crippen molar-refractivity contribution in [3.8, 4) is 0 Å². The molecule has 1 aromatic carbocycles. The predicted octanol–water partition coefficient (Wildman–Crippen LogP) is 1.39. The fourth-order valence-corrected chi connectivity index (χ4v) is 5.90. The van der Waals surface area contributed by atoms with E-state index < -0.39 is 12.0 Å². The number of amides is 4. The Balaban J connectivity index is 1.30. The number of benzene rings is 1. The van der Waals surface area contributed by atoms with Crippen molar-refractivity contribution in [3.63, 3.8) is 0 Å². The summed E-state index contributed by atoms with van der Waals surface area (Å²) < 4.78 is 0. The maximum atomic E-state index is 13.5. The smallest absolute Gasteiger partial charge is 0.280 e. The van der Waals surface area contributed by atoms with Crippen LogP contribution < -0.4 is 16.0 Å². The average molecular weight is 511 g/mol. The third-order valence-electron chi connectivity index (χ3n) is 7.07. The molecule has 36 heavy (non-hydrogen) atoms. The number of hydrogen-bond donors (Lipinski definition) is 3. The molecule has 2 aromatic rings. The molecule has 3 N–H and O–H groups in total. The van der Waals surface area contributed by atoms with Crippen molar-refractivity contribution >= 4 is 35.0 Å². The van der Waals surface area contributed by atoms with Crippen LogP contribution in [0.2, 0.25) is 0 Å². The second kappa shape index (κ2) is 9.98. The minimum absolute atomic E-state index is 0.119. The Kier molecular flexibility index (Phi) is 6.76. The predicted molar refractivity (Wildman–Crippen MR) is 133 cm³/mol. The van der Waals surface area contributed by atoms with E-state index in [-0.39, 0.29) is 41.1 Å². The Hall–Kier alpha value is -3.31. The van der Waals surface area contributed by atoms with Gasteiger partial charge in [-0.2, -0.15) is 0 Å². The average Bonchev–Trinajstić information content (AvgIpc) is 3.50. The van der Waals surface area contributed by atoms with E-state index in [1.54, 1.807) is 11.9 Å². The molecule has 11 heteroatoms. The molecule has 1 saturated heterocycles. The van der Waals surface area contributed by atoms with Crippen LogP contribution in [0.1, 0.15) is 61.6 Å². The van der Waals surface area contributed by atoms with Gasteiger partial charge in [-0.25, -0.2) is 9.99 Å². The molecule has 3 heterocycles. The molecule has 5 rings (SSSR count). The van der Waals surface area contributed by atoms with Crippen LogP contribution in [0.15, 0.2) is 24.3 Å². The first-order valence-corrected chi connectivity index (χ1v) is 13.1. The third kappa shape index (κ3) is 4.72. The molecule has 0 unspecified atom stereocenters. The highest BCUT2D eigenvalue weighted by Gasteiger charge is 2.41. The summed E-state index contributed by atoms with van der Waals surface area (Å²) in [6, 6.07) is 7.00. The molecule has 4 amide bonds. The quantitative estimate of drug-likeness (QED) is 0.517. The SMILES string of the molecule is CNC(=O)c1nc(C)c(C(=O)NC[C@H](C(=O)N[C@@H]2C(=O)N3CCCN3Cc3ccccc32)C2CC2)s1. The summed E-state index contributed by atoms with van der Waals surface area (Å²) in [6.45, 7) is 3.94. The van der Waals surface area contributed by atoms with Gasteiger partial charge in [-0.05, 0) is 43.2 Å². The molecule has 2 atom stereocenters. The van der Waals surface area contributed by atoms with E-state index >= 15 is 0 Å². The monoisotopic (exact) mass is 510 g/mol. The molecular formula is C25H30N6O4S. The van der Waals surface area contributed by atoms with Crippen molar-refractivity contribution in [3.05, 3.63) is 51.0 Å². The van der Waals surface area contributed by atoms with Crippen LogP contribution in [0.4, 0.5) is 0 Å². The largest absolute Gasteiger partial charge is 0.353 e. The molecule has 0 spiro atoms. The van der Waals surface area contributed by atoms with E-state index in [2.05, 4.69) is 25.9 Å². The number of aryl methyl sites for hydroxylation is 1. The molecule has 0 radical (unpaired) electrons. The van der Waals surface area contributed by atoms with Gasteiger partial charge in [0.05, 0.1) is 11.6 Å². The van der Waals surface area contributed by atoms with Crippen molar-refractivity contribution in [2.75, 3.05) is 26.7 Å². The van der Waals surface area contributed by atoms with Gasteiger partial charge in [0, 0.05) is 33.2 Å². The Labute approximate surface area is 213 Å². The highest BCUT2D eigenvalue weighted by Crippen LogP contribution is 2.38. The highest BCUT2D eigenvalue weighted by molar-refractivity contribution is 7.15. The number of carbonyl (C=O) groups is 4. The van der Waals surface area contributed by atoms with Crippen molar-refractivity contribution in [1.29, 1.82) is 0 Å².